The topological polar surface area (TPSA) is 94.1 Å². The largest absolute Gasteiger partial charge is 0.479 e. The van der Waals surface area contributed by atoms with E-state index in [-0.39, 0.29) is 25.7 Å². The molecule has 0 saturated heterocycles. The molecule has 7 heteroatoms. The van der Waals surface area contributed by atoms with Gasteiger partial charge in [0, 0.05) is 6.54 Å². The fourth-order valence-electron chi connectivity index (χ4n) is 1.12. The normalized spacial score (nSPS) is 11.3. The van der Waals surface area contributed by atoms with Gasteiger partial charge < -0.3 is 24.6 Å². The van der Waals surface area contributed by atoms with Crippen LogP contribution in [0.15, 0.2) is 0 Å². The predicted molar refractivity (Wildman–Crippen MR) is 72.6 cm³/mol. The molecule has 0 aliphatic carbocycles. The van der Waals surface area contributed by atoms with E-state index >= 15 is 0 Å². The minimum atomic E-state index is -1.21. The molecular formula is C13H25NO6. The maximum Gasteiger partial charge on any atom is 0.335 e. The number of aliphatic carboxylic acids is 1. The van der Waals surface area contributed by atoms with E-state index in [1.54, 1.807) is 0 Å². The summed E-state index contributed by atoms with van der Waals surface area (Å²) in [5, 5.41) is 11.5. The molecule has 0 radical (unpaired) electrons. The van der Waals surface area contributed by atoms with Gasteiger partial charge in [-0.25, -0.2) is 4.79 Å². The first-order chi connectivity index (χ1) is 9.40. The Kier molecular flexibility index (Phi) is 9.96. The van der Waals surface area contributed by atoms with Gasteiger partial charge in [-0.15, -0.1) is 0 Å². The average Bonchev–Trinajstić information content (AvgIpc) is 2.39. The summed E-state index contributed by atoms with van der Waals surface area (Å²) in [4.78, 5) is 21.9. The van der Waals surface area contributed by atoms with Gasteiger partial charge in [0.05, 0.1) is 26.4 Å². The van der Waals surface area contributed by atoms with Gasteiger partial charge in [0.25, 0.3) is 0 Å². The highest BCUT2D eigenvalue weighted by molar-refractivity contribution is 5.77. The fraction of sp³-hybridized carbons (Fsp3) is 0.846. The minimum absolute atomic E-state index is 0.0197. The number of ether oxygens (including phenoxy) is 3. The number of nitrogens with one attached hydrogen (secondary N) is 1. The molecule has 20 heavy (non-hydrogen) atoms. The monoisotopic (exact) mass is 291 g/mol. The molecule has 0 aliphatic heterocycles. The molecule has 1 amide bonds. The quantitative estimate of drug-likeness (QED) is 0.506. The zero-order valence-corrected chi connectivity index (χ0v) is 12.4. The van der Waals surface area contributed by atoms with Crippen LogP contribution in [0.3, 0.4) is 0 Å². The summed E-state index contributed by atoms with van der Waals surface area (Å²) < 4.78 is 15.5. The Labute approximate surface area is 119 Å². The Bertz CT molecular complexity index is 293. The van der Waals surface area contributed by atoms with Crippen LogP contribution in [0.25, 0.3) is 0 Å². The molecule has 7 nitrogen and oxygen atoms in total. The molecule has 2 N–H and O–H groups in total. The van der Waals surface area contributed by atoms with Crippen molar-refractivity contribution in [2.24, 2.45) is 0 Å². The van der Waals surface area contributed by atoms with E-state index in [0.29, 0.717) is 19.8 Å². The average molecular weight is 291 g/mol. The number of hydrogen-bond donors (Lipinski definition) is 2. The van der Waals surface area contributed by atoms with Crippen molar-refractivity contribution in [3.05, 3.63) is 0 Å². The predicted octanol–water partition coefficient (Wildman–Crippen LogP) is 0.426. The van der Waals surface area contributed by atoms with Crippen LogP contribution in [0.5, 0.6) is 0 Å². The molecule has 0 rings (SSSR count). The Morgan fingerprint density at radius 1 is 1.10 bits per heavy atom. The van der Waals surface area contributed by atoms with Crippen molar-refractivity contribution in [1.82, 2.24) is 5.32 Å². The highest BCUT2D eigenvalue weighted by Gasteiger charge is 2.27. The number of carboxylic acids is 1. The second-order valence-electron chi connectivity index (χ2n) is 4.68. The van der Waals surface area contributed by atoms with Crippen LogP contribution in [0.2, 0.25) is 0 Å². The van der Waals surface area contributed by atoms with E-state index in [2.05, 4.69) is 5.32 Å². The van der Waals surface area contributed by atoms with E-state index in [1.807, 2.05) is 6.92 Å². The maximum atomic E-state index is 11.2. The van der Waals surface area contributed by atoms with Crippen LogP contribution < -0.4 is 5.32 Å². The zero-order chi connectivity index (χ0) is 15.4. The van der Waals surface area contributed by atoms with Crippen molar-refractivity contribution < 1.29 is 28.9 Å². The van der Waals surface area contributed by atoms with Gasteiger partial charge in [-0.2, -0.15) is 0 Å². The summed E-state index contributed by atoms with van der Waals surface area (Å²) in [5.74, 6) is -1.16. The fourth-order valence-corrected chi connectivity index (χ4v) is 1.12. The van der Waals surface area contributed by atoms with E-state index in [0.717, 1.165) is 6.42 Å². The van der Waals surface area contributed by atoms with Crippen molar-refractivity contribution in [3.63, 3.8) is 0 Å². The van der Waals surface area contributed by atoms with Crippen LogP contribution in [-0.2, 0) is 23.8 Å². The van der Waals surface area contributed by atoms with Crippen LogP contribution in [0.4, 0.5) is 0 Å². The molecule has 0 aromatic carbocycles. The molecule has 0 aromatic heterocycles. The summed E-state index contributed by atoms with van der Waals surface area (Å²) in [5.41, 5.74) is -1.21. The van der Waals surface area contributed by atoms with Crippen molar-refractivity contribution in [2.45, 2.75) is 32.8 Å². The molecule has 0 heterocycles. The molecule has 0 aliphatic rings. The first-order valence-electron chi connectivity index (χ1n) is 6.69. The van der Waals surface area contributed by atoms with Crippen molar-refractivity contribution in [2.75, 3.05) is 39.6 Å². The van der Waals surface area contributed by atoms with Crippen molar-refractivity contribution in [1.29, 1.82) is 0 Å². The van der Waals surface area contributed by atoms with E-state index < -0.39 is 11.6 Å². The molecule has 0 saturated carbocycles. The molecular weight excluding hydrogens is 266 g/mol. The summed E-state index contributed by atoms with van der Waals surface area (Å²) in [6.07, 6.45) is 0.890. The molecule has 0 bridgehead atoms. The number of carboxylic acid groups (broad SMARTS) is 1. The minimum Gasteiger partial charge on any atom is -0.479 e. The van der Waals surface area contributed by atoms with Gasteiger partial charge in [0.1, 0.15) is 6.61 Å². The van der Waals surface area contributed by atoms with Gasteiger partial charge in [0.2, 0.25) is 5.91 Å². The Balaban J connectivity index is 3.37. The summed E-state index contributed by atoms with van der Waals surface area (Å²) in [7, 11) is 0. The van der Waals surface area contributed by atoms with Crippen LogP contribution in [-0.4, -0.2) is 62.2 Å². The van der Waals surface area contributed by atoms with Crippen LogP contribution in [0.1, 0.15) is 27.2 Å². The lowest BCUT2D eigenvalue weighted by atomic mass is 10.1. The lowest BCUT2D eigenvalue weighted by Crippen LogP contribution is -2.35. The third-order valence-electron chi connectivity index (χ3n) is 2.38. The van der Waals surface area contributed by atoms with E-state index in [4.69, 9.17) is 19.3 Å². The number of carbonyl (C=O) groups is 2. The summed E-state index contributed by atoms with van der Waals surface area (Å²) >= 11 is 0. The lowest BCUT2D eigenvalue weighted by Gasteiger charge is -2.19. The molecule has 0 fully saturated rings. The van der Waals surface area contributed by atoms with Crippen molar-refractivity contribution >= 4 is 11.9 Å². The molecule has 0 spiro atoms. The first kappa shape index (κ1) is 18.8. The van der Waals surface area contributed by atoms with Crippen molar-refractivity contribution in [3.8, 4) is 0 Å². The van der Waals surface area contributed by atoms with Crippen LogP contribution >= 0.6 is 0 Å². The molecule has 0 unspecified atom stereocenters. The van der Waals surface area contributed by atoms with E-state index in [9.17, 15) is 9.59 Å². The maximum absolute atomic E-state index is 11.2. The van der Waals surface area contributed by atoms with Gasteiger partial charge in [-0.05, 0) is 20.3 Å². The third-order valence-corrected chi connectivity index (χ3v) is 2.38. The first-order valence-corrected chi connectivity index (χ1v) is 6.69. The van der Waals surface area contributed by atoms with E-state index in [1.165, 1.54) is 13.8 Å². The third kappa shape index (κ3) is 9.71. The standard InChI is InChI=1S/C13H25NO6/c1-4-5-14-11(15)10-19-7-6-18-8-9-20-13(2,3)12(16)17/h4-10H2,1-3H3,(H,14,15)(H,16,17). The highest BCUT2D eigenvalue weighted by Crippen LogP contribution is 2.08. The molecule has 0 aromatic rings. The molecule has 0 atom stereocenters. The second-order valence-corrected chi connectivity index (χ2v) is 4.68. The number of carbonyl (C=O) groups excluding carboxylic acids is 1. The molecule has 118 valence electrons. The Hall–Kier alpha value is -1.18. The Morgan fingerprint density at radius 3 is 2.30 bits per heavy atom. The zero-order valence-electron chi connectivity index (χ0n) is 12.4. The number of hydrogen-bond acceptors (Lipinski definition) is 5. The Morgan fingerprint density at radius 2 is 1.70 bits per heavy atom. The van der Waals surface area contributed by atoms with Gasteiger partial charge in [-0.3, -0.25) is 4.79 Å². The lowest BCUT2D eigenvalue weighted by molar-refractivity contribution is -0.162. The summed E-state index contributed by atoms with van der Waals surface area (Å²) in [6, 6.07) is 0. The number of amides is 1. The van der Waals surface area contributed by atoms with Crippen LogP contribution in [0, 0.1) is 0 Å². The smallest absolute Gasteiger partial charge is 0.335 e. The SMILES string of the molecule is CCCNC(=O)COCCOCCOC(C)(C)C(=O)O. The van der Waals surface area contributed by atoms with Gasteiger partial charge in [-0.1, -0.05) is 6.92 Å². The van der Waals surface area contributed by atoms with Gasteiger partial charge in [0.15, 0.2) is 5.60 Å². The van der Waals surface area contributed by atoms with Gasteiger partial charge >= 0.3 is 5.97 Å². The second kappa shape index (κ2) is 10.6. The summed E-state index contributed by atoms with van der Waals surface area (Å²) in [6.45, 7) is 6.71. The highest BCUT2D eigenvalue weighted by atomic mass is 16.6. The number of rotatable bonds is 12.